The molecule has 0 aliphatic heterocycles. The van der Waals surface area contributed by atoms with Gasteiger partial charge in [0.2, 0.25) is 0 Å². The number of nitrogen functional groups attached to an aromatic ring is 1. The van der Waals surface area contributed by atoms with Crippen molar-refractivity contribution in [2.24, 2.45) is 0 Å². The number of rotatable bonds is 5. The van der Waals surface area contributed by atoms with Crippen molar-refractivity contribution in [1.82, 2.24) is 15.0 Å². The molecule has 0 aliphatic carbocycles. The second kappa shape index (κ2) is 7.08. The topological polar surface area (TPSA) is 76.3 Å². The number of nitrogens with two attached hydrogens (primary N) is 1. The minimum Gasteiger partial charge on any atom is -0.404 e. The third-order valence-corrected chi connectivity index (χ3v) is 3.94. The molecule has 1 heterocycles. The smallest absolute Gasteiger partial charge is 0.172 e. The molecule has 0 saturated carbocycles. The molecular formula is C17H17ClFN5O. The summed E-state index contributed by atoms with van der Waals surface area (Å²) in [5.74, 6) is 0.576. The van der Waals surface area contributed by atoms with E-state index >= 15 is 0 Å². The molecule has 8 heteroatoms. The molecule has 0 unspecified atom stereocenters. The van der Waals surface area contributed by atoms with Gasteiger partial charge in [-0.3, -0.25) is 0 Å². The summed E-state index contributed by atoms with van der Waals surface area (Å²) in [5, 5.41) is 5.51. The van der Waals surface area contributed by atoms with Crippen LogP contribution in [0.3, 0.4) is 0 Å². The van der Waals surface area contributed by atoms with Crippen LogP contribution >= 0.6 is 11.6 Å². The lowest BCUT2D eigenvalue weighted by molar-refractivity contribution is -0.0253. The molecule has 0 fully saturated rings. The van der Waals surface area contributed by atoms with Gasteiger partial charge in [0.15, 0.2) is 5.75 Å². The molecule has 3 N–H and O–H groups in total. The van der Waals surface area contributed by atoms with Gasteiger partial charge in [0.25, 0.3) is 0 Å². The Balaban J connectivity index is 1.99. The molecule has 0 saturated heterocycles. The molecule has 0 spiro atoms. The fourth-order valence-corrected chi connectivity index (χ4v) is 2.40. The van der Waals surface area contributed by atoms with Crippen molar-refractivity contribution in [1.29, 1.82) is 0 Å². The van der Waals surface area contributed by atoms with Crippen LogP contribution in [0.1, 0.15) is 6.92 Å². The fraction of sp³-hybridized carbons (Fsp3) is 0.176. The van der Waals surface area contributed by atoms with E-state index in [0.29, 0.717) is 40.4 Å². The lowest BCUT2D eigenvalue weighted by Crippen LogP contribution is -2.22. The van der Waals surface area contributed by atoms with E-state index in [1.54, 1.807) is 23.3 Å². The van der Waals surface area contributed by atoms with Crippen LogP contribution in [0, 0.1) is 5.82 Å². The second-order valence-electron chi connectivity index (χ2n) is 5.42. The highest BCUT2D eigenvalue weighted by atomic mass is 35.5. The molecule has 0 atom stereocenters. The number of nitrogens with one attached hydrogen (secondary N) is 1. The van der Waals surface area contributed by atoms with Crippen molar-refractivity contribution in [3.63, 3.8) is 0 Å². The zero-order valence-corrected chi connectivity index (χ0v) is 14.5. The largest absolute Gasteiger partial charge is 0.404 e. The Morgan fingerprint density at radius 3 is 2.80 bits per heavy atom. The molecule has 3 rings (SSSR count). The quantitative estimate of drug-likeness (QED) is 0.528. The van der Waals surface area contributed by atoms with Gasteiger partial charge in [0, 0.05) is 30.7 Å². The van der Waals surface area contributed by atoms with Gasteiger partial charge in [-0.2, -0.15) is 0 Å². The molecule has 3 aromatic rings. The SMILES string of the molecule is CCN(C)Oc1cc2ncnc(Nc3ccc(F)c(Cl)c3)c2cc1N. The summed E-state index contributed by atoms with van der Waals surface area (Å²) in [6.45, 7) is 2.68. The van der Waals surface area contributed by atoms with Gasteiger partial charge in [0.1, 0.15) is 18.0 Å². The molecule has 25 heavy (non-hydrogen) atoms. The number of aromatic nitrogens is 2. The number of hydroxylamine groups is 2. The van der Waals surface area contributed by atoms with Crippen LogP contribution < -0.4 is 15.9 Å². The third-order valence-electron chi connectivity index (χ3n) is 3.65. The van der Waals surface area contributed by atoms with E-state index in [4.69, 9.17) is 22.2 Å². The van der Waals surface area contributed by atoms with Crippen molar-refractivity contribution in [2.45, 2.75) is 6.92 Å². The van der Waals surface area contributed by atoms with Gasteiger partial charge in [-0.15, -0.1) is 5.06 Å². The zero-order valence-electron chi connectivity index (χ0n) is 13.8. The van der Waals surface area contributed by atoms with Crippen LogP contribution in [-0.2, 0) is 0 Å². The first-order chi connectivity index (χ1) is 12.0. The molecule has 0 aliphatic rings. The maximum atomic E-state index is 13.3. The molecule has 6 nitrogen and oxygen atoms in total. The fourth-order valence-electron chi connectivity index (χ4n) is 2.22. The Labute approximate surface area is 149 Å². The predicted molar refractivity (Wildman–Crippen MR) is 97.6 cm³/mol. The van der Waals surface area contributed by atoms with Gasteiger partial charge in [-0.05, 0) is 31.2 Å². The van der Waals surface area contributed by atoms with Crippen molar-refractivity contribution < 1.29 is 9.23 Å². The highest BCUT2D eigenvalue weighted by Gasteiger charge is 2.11. The number of benzene rings is 2. The molecule has 0 amide bonds. The Kier molecular flexibility index (Phi) is 4.87. The molecule has 0 bridgehead atoms. The molecule has 130 valence electrons. The van der Waals surface area contributed by atoms with Crippen molar-refractivity contribution in [3.8, 4) is 5.75 Å². The highest BCUT2D eigenvalue weighted by Crippen LogP contribution is 2.32. The summed E-state index contributed by atoms with van der Waals surface area (Å²) in [5.41, 5.74) is 7.82. The Morgan fingerprint density at radius 1 is 1.28 bits per heavy atom. The van der Waals surface area contributed by atoms with Crippen LogP contribution in [0.5, 0.6) is 5.75 Å². The maximum absolute atomic E-state index is 13.3. The number of hydrogen-bond acceptors (Lipinski definition) is 6. The molecule has 0 radical (unpaired) electrons. The summed E-state index contributed by atoms with van der Waals surface area (Å²) in [6, 6.07) is 7.84. The maximum Gasteiger partial charge on any atom is 0.172 e. The molecule has 1 aromatic heterocycles. The van der Waals surface area contributed by atoms with Crippen LogP contribution in [0.4, 0.5) is 21.6 Å². The van der Waals surface area contributed by atoms with Gasteiger partial charge in [-0.25, -0.2) is 14.4 Å². The van der Waals surface area contributed by atoms with E-state index in [9.17, 15) is 4.39 Å². The average Bonchev–Trinajstić information content (AvgIpc) is 2.59. The highest BCUT2D eigenvalue weighted by molar-refractivity contribution is 6.31. The average molecular weight is 362 g/mol. The molecule has 2 aromatic carbocycles. The lowest BCUT2D eigenvalue weighted by atomic mass is 10.2. The number of anilines is 3. The zero-order chi connectivity index (χ0) is 18.0. The van der Waals surface area contributed by atoms with Crippen molar-refractivity contribution in [3.05, 3.63) is 47.5 Å². The monoisotopic (exact) mass is 361 g/mol. The van der Waals surface area contributed by atoms with Gasteiger partial charge in [-0.1, -0.05) is 11.6 Å². The van der Waals surface area contributed by atoms with Gasteiger partial charge < -0.3 is 15.9 Å². The first-order valence-electron chi connectivity index (χ1n) is 7.63. The van der Waals surface area contributed by atoms with Crippen molar-refractivity contribution >= 4 is 39.7 Å². The summed E-state index contributed by atoms with van der Waals surface area (Å²) in [6.07, 6.45) is 1.43. The number of fused-ring (bicyclic) bond motifs is 1. The standard InChI is InChI=1S/C17H17ClFN5O/c1-3-24(2)25-16-8-15-11(7-14(16)20)17(22-9-21-15)23-10-4-5-13(19)12(18)6-10/h4-9H,3,20H2,1-2H3,(H,21,22,23). The van der Waals surface area contributed by atoms with E-state index in [-0.39, 0.29) is 5.02 Å². The van der Waals surface area contributed by atoms with E-state index in [1.807, 2.05) is 14.0 Å². The summed E-state index contributed by atoms with van der Waals surface area (Å²) < 4.78 is 13.3. The molecular weight excluding hydrogens is 345 g/mol. The van der Waals surface area contributed by atoms with Gasteiger partial charge >= 0.3 is 0 Å². The first-order valence-corrected chi connectivity index (χ1v) is 8.01. The predicted octanol–water partition coefficient (Wildman–Crippen LogP) is 3.99. The summed E-state index contributed by atoms with van der Waals surface area (Å²) >= 11 is 5.82. The number of nitrogens with zero attached hydrogens (tertiary/aromatic N) is 3. The van der Waals surface area contributed by atoms with Crippen molar-refractivity contribution in [2.75, 3.05) is 24.6 Å². The third kappa shape index (κ3) is 3.72. The summed E-state index contributed by atoms with van der Waals surface area (Å²) in [7, 11) is 1.81. The minimum atomic E-state index is -0.481. The van der Waals surface area contributed by atoms with Crippen LogP contribution in [0.2, 0.25) is 5.02 Å². The van der Waals surface area contributed by atoms with Crippen LogP contribution in [0.15, 0.2) is 36.7 Å². The first kappa shape index (κ1) is 17.2. The van der Waals surface area contributed by atoms with Gasteiger partial charge in [0.05, 0.1) is 16.2 Å². The Bertz CT molecular complexity index is 921. The number of hydrogen-bond donors (Lipinski definition) is 2. The van der Waals surface area contributed by atoms with E-state index < -0.39 is 5.82 Å². The second-order valence-corrected chi connectivity index (χ2v) is 5.83. The lowest BCUT2D eigenvalue weighted by Gasteiger charge is -2.17. The van der Waals surface area contributed by atoms with E-state index in [0.717, 1.165) is 0 Å². The normalized spacial score (nSPS) is 11.1. The van der Waals surface area contributed by atoms with E-state index in [2.05, 4.69) is 15.3 Å². The summed E-state index contributed by atoms with van der Waals surface area (Å²) in [4.78, 5) is 14.2. The van der Waals surface area contributed by atoms with E-state index in [1.165, 1.54) is 18.5 Å². The number of halogens is 2. The Hall–Kier alpha value is -2.64. The minimum absolute atomic E-state index is 0.0289. The van der Waals surface area contributed by atoms with Crippen LogP contribution in [0.25, 0.3) is 10.9 Å². The Morgan fingerprint density at radius 2 is 2.08 bits per heavy atom. The van der Waals surface area contributed by atoms with Crippen LogP contribution in [-0.4, -0.2) is 28.6 Å².